The van der Waals surface area contributed by atoms with Crippen LogP contribution in [0.1, 0.15) is 85.5 Å². The van der Waals surface area contributed by atoms with Gasteiger partial charge < -0.3 is 9.47 Å². The molecule has 32 heavy (non-hydrogen) atoms. The van der Waals surface area contributed by atoms with Gasteiger partial charge in [0, 0.05) is 19.4 Å². The summed E-state index contributed by atoms with van der Waals surface area (Å²) in [6.07, 6.45) is 16.8. The molecule has 8 atom stereocenters. The Hall–Kier alpha value is -1.58. The number of hydrogen-bond acceptors (Lipinski definition) is 4. The van der Waals surface area contributed by atoms with Crippen molar-refractivity contribution >= 4 is 11.9 Å². The van der Waals surface area contributed by atoms with Gasteiger partial charge in [-0.05, 0) is 91.8 Å². The maximum atomic E-state index is 11.5. The van der Waals surface area contributed by atoms with Crippen LogP contribution in [0.25, 0.3) is 0 Å². The number of ether oxygens (including phenoxy) is 2. The molecule has 4 nitrogen and oxygen atoms in total. The highest BCUT2D eigenvalue weighted by atomic mass is 16.5. The van der Waals surface area contributed by atoms with Gasteiger partial charge in [0.1, 0.15) is 6.10 Å². The fourth-order valence-corrected chi connectivity index (χ4v) is 8.55. The Morgan fingerprint density at radius 3 is 2.66 bits per heavy atom. The van der Waals surface area contributed by atoms with Crippen LogP contribution in [-0.2, 0) is 19.1 Å². The molecule has 0 N–H and O–H groups in total. The number of carbonyl (C=O) groups is 2. The summed E-state index contributed by atoms with van der Waals surface area (Å²) in [6.45, 7) is 8.99. The third-order valence-electron chi connectivity index (χ3n) is 10.1. The van der Waals surface area contributed by atoms with Gasteiger partial charge in [-0.1, -0.05) is 38.5 Å². The Morgan fingerprint density at radius 1 is 1.16 bits per heavy atom. The normalized spacial score (nSPS) is 41.8. The van der Waals surface area contributed by atoms with E-state index in [1.807, 2.05) is 6.08 Å². The second-order valence-electron chi connectivity index (χ2n) is 11.6. The van der Waals surface area contributed by atoms with Gasteiger partial charge >= 0.3 is 11.9 Å². The summed E-state index contributed by atoms with van der Waals surface area (Å²) in [5.41, 5.74) is 2.26. The van der Waals surface area contributed by atoms with E-state index >= 15 is 0 Å². The zero-order chi connectivity index (χ0) is 23.1. The lowest BCUT2D eigenvalue weighted by Crippen LogP contribution is -2.51. The van der Waals surface area contributed by atoms with Crippen molar-refractivity contribution in [2.45, 2.75) is 91.6 Å². The molecule has 4 heteroatoms. The highest BCUT2D eigenvalue weighted by Gasteiger charge is 2.59. The molecule has 0 aliphatic heterocycles. The van der Waals surface area contributed by atoms with Crippen molar-refractivity contribution in [3.05, 3.63) is 23.8 Å². The lowest BCUT2D eigenvalue weighted by molar-refractivity contribution is -0.148. The van der Waals surface area contributed by atoms with Crippen LogP contribution in [0.3, 0.4) is 0 Å². The second-order valence-corrected chi connectivity index (χ2v) is 11.6. The van der Waals surface area contributed by atoms with Crippen LogP contribution in [0.15, 0.2) is 23.8 Å². The van der Waals surface area contributed by atoms with Crippen LogP contribution in [0.4, 0.5) is 0 Å². The van der Waals surface area contributed by atoms with Crippen LogP contribution in [0.2, 0.25) is 0 Å². The van der Waals surface area contributed by atoms with E-state index in [0.29, 0.717) is 11.3 Å². The van der Waals surface area contributed by atoms with E-state index in [4.69, 9.17) is 9.47 Å². The van der Waals surface area contributed by atoms with E-state index in [-0.39, 0.29) is 23.5 Å². The number of fused-ring (bicyclic) bond motifs is 5. The van der Waals surface area contributed by atoms with Crippen molar-refractivity contribution in [1.29, 1.82) is 0 Å². The number of rotatable bonds is 5. The third kappa shape index (κ3) is 4.07. The number of methoxy groups -OCH3 is 1. The quantitative estimate of drug-likeness (QED) is 0.287. The molecule has 0 aromatic rings. The van der Waals surface area contributed by atoms with Crippen molar-refractivity contribution < 1.29 is 19.1 Å². The van der Waals surface area contributed by atoms with E-state index in [9.17, 15) is 9.59 Å². The van der Waals surface area contributed by atoms with E-state index in [2.05, 4.69) is 26.8 Å². The van der Waals surface area contributed by atoms with Gasteiger partial charge in [-0.3, -0.25) is 4.79 Å². The first kappa shape index (κ1) is 23.6. The largest absolute Gasteiger partial charge is 0.466 e. The maximum absolute atomic E-state index is 11.5. The standard InChI is InChI=1S/C28H42O4/c1-18(7-6-8-26(30)31-5)23-11-12-24-22-10-9-20-17-21(32-19(2)29)13-15-27(20,3)25(22)14-16-28(23,24)4/h6,8-9,18,21-25H,7,10-17H2,1-5H3/b8-6+/t18-,21+,22+,23-,24+,25+,27+,28-/m1/s1. The van der Waals surface area contributed by atoms with Gasteiger partial charge in [-0.25, -0.2) is 4.79 Å². The minimum atomic E-state index is -0.255. The molecule has 0 aromatic carbocycles. The second kappa shape index (κ2) is 8.99. The van der Waals surface area contributed by atoms with Gasteiger partial charge in [0.05, 0.1) is 7.11 Å². The number of allylic oxidation sites excluding steroid dienone is 2. The molecule has 0 unspecified atom stereocenters. The van der Waals surface area contributed by atoms with Crippen molar-refractivity contribution in [2.75, 3.05) is 7.11 Å². The highest BCUT2D eigenvalue weighted by molar-refractivity contribution is 5.81. The van der Waals surface area contributed by atoms with Gasteiger partial charge in [0.25, 0.3) is 0 Å². The molecule has 178 valence electrons. The predicted octanol–water partition coefficient (Wildman–Crippen LogP) is 6.25. The van der Waals surface area contributed by atoms with Gasteiger partial charge in [0.2, 0.25) is 0 Å². The zero-order valence-corrected chi connectivity index (χ0v) is 20.7. The summed E-state index contributed by atoms with van der Waals surface area (Å²) >= 11 is 0. The van der Waals surface area contributed by atoms with Crippen molar-refractivity contribution in [1.82, 2.24) is 0 Å². The molecule has 4 rings (SSSR count). The fraction of sp³-hybridized carbons (Fsp3) is 0.786. The van der Waals surface area contributed by atoms with E-state index in [1.165, 1.54) is 46.1 Å². The first-order valence-electron chi connectivity index (χ1n) is 12.8. The van der Waals surface area contributed by atoms with Crippen LogP contribution in [-0.4, -0.2) is 25.2 Å². The lowest BCUT2D eigenvalue weighted by Gasteiger charge is -2.58. The molecule has 0 saturated heterocycles. The Kier molecular flexibility index (Phi) is 6.62. The summed E-state index contributed by atoms with van der Waals surface area (Å²) in [4.78, 5) is 22.9. The summed E-state index contributed by atoms with van der Waals surface area (Å²) < 4.78 is 10.3. The Balaban J connectivity index is 1.47. The summed E-state index contributed by atoms with van der Waals surface area (Å²) in [6, 6.07) is 0. The average molecular weight is 443 g/mol. The molecule has 3 saturated carbocycles. The molecular formula is C28H42O4. The summed E-state index contributed by atoms with van der Waals surface area (Å²) in [5, 5.41) is 0. The van der Waals surface area contributed by atoms with E-state index in [0.717, 1.165) is 49.4 Å². The van der Waals surface area contributed by atoms with Crippen LogP contribution < -0.4 is 0 Å². The van der Waals surface area contributed by atoms with Gasteiger partial charge in [-0.15, -0.1) is 0 Å². The Morgan fingerprint density at radius 2 is 1.94 bits per heavy atom. The maximum Gasteiger partial charge on any atom is 0.330 e. The third-order valence-corrected chi connectivity index (χ3v) is 10.1. The van der Waals surface area contributed by atoms with Crippen LogP contribution >= 0.6 is 0 Å². The lowest BCUT2D eigenvalue weighted by atomic mass is 9.47. The highest BCUT2D eigenvalue weighted by Crippen LogP contribution is 2.67. The smallest absolute Gasteiger partial charge is 0.330 e. The molecular weight excluding hydrogens is 400 g/mol. The zero-order valence-electron chi connectivity index (χ0n) is 20.7. The monoisotopic (exact) mass is 442 g/mol. The molecule has 0 amide bonds. The van der Waals surface area contributed by atoms with Gasteiger partial charge in [-0.2, -0.15) is 0 Å². The van der Waals surface area contributed by atoms with Crippen molar-refractivity contribution in [3.8, 4) is 0 Å². The van der Waals surface area contributed by atoms with E-state index < -0.39 is 0 Å². The van der Waals surface area contributed by atoms with Crippen LogP contribution in [0.5, 0.6) is 0 Å². The summed E-state index contributed by atoms with van der Waals surface area (Å²) in [7, 11) is 1.44. The van der Waals surface area contributed by atoms with Crippen molar-refractivity contribution in [3.63, 3.8) is 0 Å². The minimum absolute atomic E-state index is 0.0759. The molecule has 0 radical (unpaired) electrons. The molecule has 4 aliphatic carbocycles. The van der Waals surface area contributed by atoms with Crippen LogP contribution in [0, 0.1) is 40.4 Å². The topological polar surface area (TPSA) is 52.6 Å². The SMILES string of the molecule is COC(=O)/C=C/C[C@@H](C)[C@H]1CC[C@H]2[C@@H]3CC=C4C[C@@H](OC(C)=O)CC[C@]4(C)[C@H]3CC[C@]12C. The first-order chi connectivity index (χ1) is 15.2. The number of esters is 2. The Bertz CT molecular complexity index is 797. The fourth-order valence-electron chi connectivity index (χ4n) is 8.55. The van der Waals surface area contributed by atoms with Gasteiger partial charge in [0.15, 0.2) is 0 Å². The predicted molar refractivity (Wildman–Crippen MR) is 126 cm³/mol. The molecule has 0 bridgehead atoms. The number of hydrogen-bond donors (Lipinski definition) is 0. The van der Waals surface area contributed by atoms with E-state index in [1.54, 1.807) is 11.6 Å². The first-order valence-corrected chi connectivity index (χ1v) is 12.8. The van der Waals surface area contributed by atoms with Crippen molar-refractivity contribution in [2.24, 2.45) is 40.4 Å². The molecule has 0 spiro atoms. The Labute approximate surface area is 194 Å². The molecule has 0 heterocycles. The molecule has 4 aliphatic rings. The molecule has 3 fully saturated rings. The minimum Gasteiger partial charge on any atom is -0.466 e. The molecule has 0 aromatic heterocycles. The summed E-state index contributed by atoms with van der Waals surface area (Å²) in [5.74, 6) is 3.28. The number of carbonyl (C=O) groups excluding carboxylic acids is 2. The average Bonchev–Trinajstić information content (AvgIpc) is 3.10.